The summed E-state index contributed by atoms with van der Waals surface area (Å²) in [7, 11) is -7.32. The van der Waals surface area contributed by atoms with Gasteiger partial charge in [-0.2, -0.15) is 0 Å². The molecule has 7 aromatic rings. The van der Waals surface area contributed by atoms with Crippen molar-refractivity contribution in [2.75, 3.05) is 0 Å². The van der Waals surface area contributed by atoms with E-state index in [1.165, 1.54) is 0 Å². The second kappa shape index (κ2) is 16.9. The van der Waals surface area contributed by atoms with Gasteiger partial charge in [0, 0.05) is 16.9 Å². The van der Waals surface area contributed by atoms with Crippen LogP contribution < -0.4 is 15.1 Å². The van der Waals surface area contributed by atoms with Crippen molar-refractivity contribution in [3.63, 3.8) is 0 Å². The highest BCUT2D eigenvalue weighted by molar-refractivity contribution is 7.68. The standard InChI is InChI=1S/C55H48O6P2/c1-55(2,43-33-29-41(30-34-43)53(58-37-39-17-5-3-6-18-39)62(56)51-27-15-11-23-47(51)45-21-9-13-25-49(45)60-62)44-35-31-42(32-36-44)54(59-38-40-19-7-4-8-20-40)63(57)52-28-16-12-24-48(52)46-22-10-14-26-50(46)61-63/h3-21,23-36,46,53-54H,22,37-38H2,1-2H3. The Hall–Kier alpha value is -6.00. The highest BCUT2D eigenvalue weighted by Gasteiger charge is 2.48. The summed E-state index contributed by atoms with van der Waals surface area (Å²) in [6.07, 6.45) is 6.84. The molecule has 0 fully saturated rings. The van der Waals surface area contributed by atoms with Crippen molar-refractivity contribution < 1.29 is 27.7 Å². The van der Waals surface area contributed by atoms with Crippen molar-refractivity contribution in [1.29, 1.82) is 0 Å². The van der Waals surface area contributed by atoms with Crippen LogP contribution in [0, 0.1) is 0 Å². The van der Waals surface area contributed by atoms with Gasteiger partial charge in [-0.25, -0.2) is 0 Å². The SMILES string of the molecule is CC(C)(c1ccc(C(OCc2ccccc2)P2(=O)Oc3ccccc3-c3ccccc32)cc1)c1ccc(C(OCc2ccccc2)P2(=O)OC3=CC=CCC3c3ccccc32)cc1. The minimum absolute atomic E-state index is 0.0205. The van der Waals surface area contributed by atoms with Gasteiger partial charge in [-0.05, 0) is 75.2 Å². The highest BCUT2D eigenvalue weighted by Crippen LogP contribution is 2.67. The van der Waals surface area contributed by atoms with Crippen LogP contribution in [-0.2, 0) is 41.8 Å². The molecule has 314 valence electrons. The smallest absolute Gasteiger partial charge is 0.310 e. The van der Waals surface area contributed by atoms with Crippen molar-refractivity contribution >= 4 is 25.3 Å². The van der Waals surface area contributed by atoms with Gasteiger partial charge in [0.1, 0.15) is 11.5 Å². The average Bonchev–Trinajstić information content (AvgIpc) is 3.33. The van der Waals surface area contributed by atoms with Crippen LogP contribution in [0.1, 0.15) is 76.8 Å². The summed E-state index contributed by atoms with van der Waals surface area (Å²) in [5, 5.41) is 1.36. The Morgan fingerprint density at radius 1 is 0.556 bits per heavy atom. The monoisotopic (exact) mass is 866 g/mol. The predicted octanol–water partition coefficient (Wildman–Crippen LogP) is 13.7. The third-order valence-electron chi connectivity index (χ3n) is 12.6. The molecule has 8 heteroatoms. The van der Waals surface area contributed by atoms with Crippen LogP contribution in [0.25, 0.3) is 11.1 Å². The fraction of sp³-hybridized carbons (Fsp3) is 0.164. The summed E-state index contributed by atoms with van der Waals surface area (Å²) in [5.41, 5.74) is 8.02. The Morgan fingerprint density at radius 2 is 1.05 bits per heavy atom. The van der Waals surface area contributed by atoms with Gasteiger partial charge >= 0.3 is 14.7 Å². The second-order valence-corrected chi connectivity index (χ2v) is 21.6. The molecule has 1 aliphatic carbocycles. The Bertz CT molecular complexity index is 2920. The Morgan fingerprint density at radius 3 is 1.65 bits per heavy atom. The number of rotatable bonds is 12. The average molecular weight is 867 g/mol. The summed E-state index contributed by atoms with van der Waals surface area (Å²) in [6, 6.07) is 59.9. The first-order chi connectivity index (χ1) is 30.7. The van der Waals surface area contributed by atoms with Crippen LogP contribution >= 0.6 is 14.7 Å². The predicted molar refractivity (Wildman–Crippen MR) is 252 cm³/mol. The molecule has 0 bridgehead atoms. The molecule has 0 saturated carbocycles. The second-order valence-electron chi connectivity index (χ2n) is 16.9. The molecule has 0 saturated heterocycles. The van der Waals surface area contributed by atoms with E-state index in [2.05, 4.69) is 50.3 Å². The number of ether oxygens (including phenoxy) is 2. The summed E-state index contributed by atoms with van der Waals surface area (Å²) < 4.78 is 57.7. The van der Waals surface area contributed by atoms with E-state index in [-0.39, 0.29) is 19.1 Å². The van der Waals surface area contributed by atoms with Gasteiger partial charge in [0.2, 0.25) is 0 Å². The van der Waals surface area contributed by atoms with Crippen LogP contribution in [0.5, 0.6) is 5.75 Å². The molecule has 2 heterocycles. The zero-order chi connectivity index (χ0) is 43.0. The topological polar surface area (TPSA) is 71.1 Å². The van der Waals surface area contributed by atoms with Crippen LogP contribution in [0.3, 0.4) is 0 Å². The molecular formula is C55H48O6P2. The maximum atomic E-state index is 15.6. The van der Waals surface area contributed by atoms with E-state index in [9.17, 15) is 0 Å². The highest BCUT2D eigenvalue weighted by atomic mass is 31.2. The lowest BCUT2D eigenvalue weighted by Gasteiger charge is -2.38. The van der Waals surface area contributed by atoms with Gasteiger partial charge in [-0.3, -0.25) is 9.13 Å². The first-order valence-corrected chi connectivity index (χ1v) is 24.9. The molecule has 2 aliphatic heterocycles. The third kappa shape index (κ3) is 7.66. The fourth-order valence-electron chi connectivity index (χ4n) is 9.12. The van der Waals surface area contributed by atoms with Crippen molar-refractivity contribution in [2.45, 2.75) is 56.5 Å². The maximum Gasteiger partial charge on any atom is 0.310 e. The van der Waals surface area contributed by atoms with Crippen LogP contribution in [-0.4, -0.2) is 0 Å². The van der Waals surface area contributed by atoms with Gasteiger partial charge in [-0.1, -0.05) is 190 Å². The normalized spacial score (nSPS) is 20.7. The number of benzene rings is 7. The van der Waals surface area contributed by atoms with E-state index in [4.69, 9.17) is 18.5 Å². The molecule has 0 spiro atoms. The van der Waals surface area contributed by atoms with Crippen LogP contribution in [0.15, 0.2) is 206 Å². The number of fused-ring (bicyclic) bond motifs is 6. The third-order valence-corrected chi connectivity index (χ3v) is 17.8. The van der Waals surface area contributed by atoms with E-state index < -0.39 is 31.8 Å². The van der Waals surface area contributed by atoms with Crippen molar-refractivity contribution in [2.24, 2.45) is 0 Å². The van der Waals surface area contributed by atoms with E-state index >= 15 is 9.13 Å². The lowest BCUT2D eigenvalue weighted by Crippen LogP contribution is -2.28. The lowest BCUT2D eigenvalue weighted by atomic mass is 9.78. The van der Waals surface area contributed by atoms with E-state index in [0.717, 1.165) is 62.3 Å². The molecule has 6 nitrogen and oxygen atoms in total. The van der Waals surface area contributed by atoms with Crippen molar-refractivity contribution in [1.82, 2.24) is 0 Å². The Balaban J connectivity index is 0.976. The Labute approximate surface area is 369 Å². The van der Waals surface area contributed by atoms with Gasteiger partial charge in [0.05, 0.1) is 23.8 Å². The van der Waals surface area contributed by atoms with Gasteiger partial charge in [-0.15, -0.1) is 0 Å². The lowest BCUT2D eigenvalue weighted by molar-refractivity contribution is 0.0823. The summed E-state index contributed by atoms with van der Waals surface area (Å²) in [4.78, 5) is 0. The zero-order valence-electron chi connectivity index (χ0n) is 35.2. The molecule has 5 atom stereocenters. The first kappa shape index (κ1) is 41.0. The summed E-state index contributed by atoms with van der Waals surface area (Å²) in [5.74, 6) is -0.402. The molecule has 3 aliphatic rings. The molecule has 0 aromatic heterocycles. The van der Waals surface area contributed by atoms with E-state index in [1.54, 1.807) is 0 Å². The largest absolute Gasteiger partial charge is 0.442 e. The number of hydrogen-bond donors (Lipinski definition) is 0. The molecule has 63 heavy (non-hydrogen) atoms. The van der Waals surface area contributed by atoms with Crippen molar-refractivity contribution in [3.8, 4) is 16.9 Å². The molecule has 0 radical (unpaired) electrons. The summed E-state index contributed by atoms with van der Waals surface area (Å²) >= 11 is 0. The van der Waals surface area contributed by atoms with Gasteiger partial charge in [0.25, 0.3) is 0 Å². The minimum atomic E-state index is -3.68. The van der Waals surface area contributed by atoms with E-state index in [1.807, 2.05) is 164 Å². The Kier molecular flexibility index (Phi) is 11.0. The number of para-hydroxylation sites is 1. The molecule has 0 N–H and O–H groups in total. The first-order valence-electron chi connectivity index (χ1n) is 21.5. The van der Waals surface area contributed by atoms with Gasteiger partial charge < -0.3 is 18.5 Å². The molecule has 10 rings (SSSR count). The number of allylic oxidation sites excluding steroid dienone is 4. The maximum absolute atomic E-state index is 15.6. The number of hydrogen-bond acceptors (Lipinski definition) is 6. The molecule has 0 amide bonds. The van der Waals surface area contributed by atoms with Gasteiger partial charge in [0.15, 0.2) is 11.7 Å². The molecule has 7 aromatic carbocycles. The molecule has 5 unspecified atom stereocenters. The van der Waals surface area contributed by atoms with Crippen LogP contribution in [0.4, 0.5) is 0 Å². The summed E-state index contributed by atoms with van der Waals surface area (Å²) in [6.45, 7) is 4.91. The van der Waals surface area contributed by atoms with Crippen LogP contribution in [0.2, 0.25) is 0 Å². The zero-order valence-corrected chi connectivity index (χ0v) is 37.0. The quantitative estimate of drug-likeness (QED) is 0.114. The minimum Gasteiger partial charge on any atom is -0.442 e. The fourth-order valence-corrected chi connectivity index (χ4v) is 14.3. The van der Waals surface area contributed by atoms with E-state index in [0.29, 0.717) is 16.4 Å². The molecular weight excluding hydrogens is 819 g/mol. The van der Waals surface area contributed by atoms with Crippen molar-refractivity contribution in [3.05, 3.63) is 245 Å².